The molecule has 5 aliphatic rings. The molecule has 3 amide bonds. The van der Waals surface area contributed by atoms with Gasteiger partial charge in [0.15, 0.2) is 0 Å². The molecule has 0 radical (unpaired) electrons. The molecule has 1 N–H and O–H groups in total. The Balaban J connectivity index is 0.821. The minimum atomic E-state index is -0.755. The number of fused-ring (bicyclic) bond motifs is 9. The zero-order valence-electron chi connectivity index (χ0n) is 33.0. The number of piperidine rings is 2. The molecule has 2 saturated heterocycles. The van der Waals surface area contributed by atoms with E-state index in [1.807, 2.05) is 35.2 Å². The van der Waals surface area contributed by atoms with Crippen molar-refractivity contribution in [3.8, 4) is 5.75 Å². The first-order valence-corrected chi connectivity index (χ1v) is 22.1. The summed E-state index contributed by atoms with van der Waals surface area (Å²) in [5, 5.41) is 2.99. The van der Waals surface area contributed by atoms with Crippen LogP contribution in [-0.2, 0) is 26.8 Å². The summed E-state index contributed by atoms with van der Waals surface area (Å²) in [5.74, 6) is 1.25. The molecule has 304 valence electrons. The summed E-state index contributed by atoms with van der Waals surface area (Å²) in [6.07, 6.45) is 9.94. The minimum Gasteiger partial charge on any atom is -0.492 e. The van der Waals surface area contributed by atoms with Crippen molar-refractivity contribution in [1.82, 2.24) is 33.3 Å². The van der Waals surface area contributed by atoms with Gasteiger partial charge in [-0.15, -0.1) is 0 Å². The van der Waals surface area contributed by atoms with Crippen molar-refractivity contribution in [2.75, 3.05) is 19.7 Å². The van der Waals surface area contributed by atoms with Crippen molar-refractivity contribution in [3.63, 3.8) is 0 Å². The molecule has 13 nitrogen and oxygen atoms in total. The number of hydrogen-bond acceptors (Lipinski definition) is 7. The summed E-state index contributed by atoms with van der Waals surface area (Å²) in [4.78, 5) is 72.7. The molecule has 14 heteroatoms. The third-order valence-corrected chi connectivity index (χ3v) is 15.3. The molecule has 2 aliphatic carbocycles. The Kier molecular flexibility index (Phi) is 8.52. The highest BCUT2D eigenvalue weighted by molar-refractivity contribution is 9.10. The Morgan fingerprint density at radius 3 is 2.39 bits per heavy atom. The van der Waals surface area contributed by atoms with Gasteiger partial charge in [0.25, 0.3) is 5.56 Å². The first-order chi connectivity index (χ1) is 28.6. The molecule has 1 spiro atoms. The fraction of sp³-hybridized carbons (Fsp3) is 0.467. The van der Waals surface area contributed by atoms with Crippen LogP contribution in [0.2, 0.25) is 0 Å². The van der Waals surface area contributed by atoms with E-state index in [4.69, 9.17) is 9.72 Å². The number of nitrogens with one attached hydrogen (secondary N) is 1. The predicted octanol–water partition coefficient (Wildman–Crippen LogP) is 6.54. The van der Waals surface area contributed by atoms with Crippen LogP contribution in [0.25, 0.3) is 38.7 Å². The molecule has 3 aromatic heterocycles. The lowest BCUT2D eigenvalue weighted by Crippen LogP contribution is -2.48. The second-order valence-corrected chi connectivity index (χ2v) is 18.5. The molecular formula is C45H46BrN7O6. The Bertz CT molecular complexity index is 2900. The largest absolute Gasteiger partial charge is 0.492 e. The van der Waals surface area contributed by atoms with Crippen molar-refractivity contribution >= 4 is 72.4 Å². The highest BCUT2D eigenvalue weighted by Crippen LogP contribution is 2.49. The maximum atomic E-state index is 14.2. The summed E-state index contributed by atoms with van der Waals surface area (Å²) in [6, 6.07) is 16.0. The number of ether oxygens (including phenoxy) is 1. The fourth-order valence-electron chi connectivity index (χ4n) is 11.5. The van der Waals surface area contributed by atoms with Gasteiger partial charge >= 0.3 is 5.69 Å². The van der Waals surface area contributed by atoms with Gasteiger partial charge in [-0.2, -0.15) is 4.98 Å². The van der Waals surface area contributed by atoms with Crippen LogP contribution in [0.3, 0.4) is 0 Å². The maximum absolute atomic E-state index is 14.2. The van der Waals surface area contributed by atoms with Gasteiger partial charge in [-0.1, -0.05) is 25.0 Å². The molecule has 11 rings (SSSR count). The van der Waals surface area contributed by atoms with Crippen LogP contribution in [-0.4, -0.2) is 65.4 Å². The molecule has 4 fully saturated rings. The number of carbonyl (C=O) groups excluding carboxylic acids is 3. The van der Waals surface area contributed by atoms with Crippen LogP contribution in [0.5, 0.6) is 5.75 Å². The lowest BCUT2D eigenvalue weighted by atomic mass is 9.73. The molecule has 2 saturated carbocycles. The van der Waals surface area contributed by atoms with Gasteiger partial charge in [0, 0.05) is 54.0 Å². The Labute approximate surface area is 347 Å². The van der Waals surface area contributed by atoms with E-state index in [0.717, 1.165) is 89.2 Å². The van der Waals surface area contributed by atoms with E-state index in [0.29, 0.717) is 48.3 Å². The van der Waals surface area contributed by atoms with Gasteiger partial charge in [0.05, 0.1) is 39.6 Å². The Morgan fingerprint density at radius 2 is 1.63 bits per heavy atom. The monoisotopic (exact) mass is 859 g/mol. The zero-order chi connectivity index (χ0) is 40.3. The first kappa shape index (κ1) is 36.8. The average molecular weight is 861 g/mol. The summed E-state index contributed by atoms with van der Waals surface area (Å²) >= 11 is 3.60. The second kappa shape index (κ2) is 13.7. The zero-order valence-corrected chi connectivity index (χ0v) is 34.6. The van der Waals surface area contributed by atoms with E-state index in [1.165, 1.54) is 23.0 Å². The van der Waals surface area contributed by atoms with E-state index in [9.17, 15) is 24.0 Å². The molecule has 3 aliphatic heterocycles. The molecule has 1 unspecified atom stereocenters. The van der Waals surface area contributed by atoms with E-state index in [-0.39, 0.29) is 47.2 Å². The molecule has 1 atom stereocenters. The molecular weight excluding hydrogens is 814 g/mol. The van der Waals surface area contributed by atoms with Gasteiger partial charge in [-0.25, -0.2) is 4.79 Å². The topological polar surface area (TPSA) is 142 Å². The van der Waals surface area contributed by atoms with Crippen molar-refractivity contribution in [1.29, 1.82) is 0 Å². The number of carbonyl (C=O) groups is 3. The van der Waals surface area contributed by atoms with E-state index in [2.05, 4.69) is 48.4 Å². The average Bonchev–Trinajstić information content (AvgIpc) is 4.02. The molecule has 6 heterocycles. The summed E-state index contributed by atoms with van der Waals surface area (Å²) in [7, 11) is 1.74. The Hall–Kier alpha value is -5.24. The molecule has 6 aromatic rings. The van der Waals surface area contributed by atoms with Gasteiger partial charge in [0.2, 0.25) is 23.5 Å². The predicted molar refractivity (Wildman–Crippen MR) is 226 cm³/mol. The fourth-order valence-corrected chi connectivity index (χ4v) is 12.0. The van der Waals surface area contributed by atoms with Crippen molar-refractivity contribution in [3.05, 3.63) is 85.0 Å². The van der Waals surface area contributed by atoms with Crippen LogP contribution < -0.4 is 21.3 Å². The minimum absolute atomic E-state index is 0.0174. The molecule has 0 bridgehead atoms. The first-order valence-electron chi connectivity index (χ1n) is 21.3. The molecule has 3 aromatic carbocycles. The van der Waals surface area contributed by atoms with Gasteiger partial charge in [-0.3, -0.25) is 38.0 Å². The highest BCUT2D eigenvalue weighted by atomic mass is 79.9. The number of imide groups is 1. The third kappa shape index (κ3) is 5.53. The van der Waals surface area contributed by atoms with E-state index >= 15 is 0 Å². The van der Waals surface area contributed by atoms with Crippen molar-refractivity contribution in [2.45, 2.75) is 100 Å². The third-order valence-electron chi connectivity index (χ3n) is 14.6. The van der Waals surface area contributed by atoms with Gasteiger partial charge in [0.1, 0.15) is 11.8 Å². The smallest absolute Gasteiger partial charge is 0.329 e. The number of aromatic nitrogens is 5. The van der Waals surface area contributed by atoms with Crippen LogP contribution in [0, 0.1) is 5.92 Å². The van der Waals surface area contributed by atoms with Crippen molar-refractivity contribution < 1.29 is 19.1 Å². The number of hydrogen-bond donors (Lipinski definition) is 1. The van der Waals surface area contributed by atoms with Gasteiger partial charge in [-0.05, 0) is 122 Å². The Morgan fingerprint density at radius 1 is 0.864 bits per heavy atom. The van der Waals surface area contributed by atoms with Gasteiger partial charge < -0.3 is 14.2 Å². The normalized spacial score (nSPS) is 23.5. The summed E-state index contributed by atoms with van der Waals surface area (Å²) < 4.78 is 14.7. The number of halogens is 1. The van der Waals surface area contributed by atoms with E-state index < -0.39 is 11.9 Å². The summed E-state index contributed by atoms with van der Waals surface area (Å²) in [5.41, 5.74) is 5.88. The van der Waals surface area contributed by atoms with Crippen LogP contribution in [0.1, 0.15) is 106 Å². The summed E-state index contributed by atoms with van der Waals surface area (Å²) in [6.45, 7) is 1.71. The SMILES string of the molecule is Cn1c(=O)n(C2CCC(=O)NC2=O)c2ccc3c(c21)C1(CCN(C(=O)C2CCC(c4ccc5c(c4)n(C4CCCC4)c4nc(=O)c6c(Br)cccc6n54)CC2)CC1)CO3. The number of likely N-dealkylation sites (tertiary alicyclic amines) is 1. The van der Waals surface area contributed by atoms with Crippen LogP contribution in [0.15, 0.2) is 62.6 Å². The number of rotatable bonds is 4. The quantitative estimate of drug-likeness (QED) is 0.199. The van der Waals surface area contributed by atoms with Crippen LogP contribution in [0.4, 0.5) is 0 Å². The number of nitrogens with zero attached hydrogens (tertiary/aromatic N) is 6. The second-order valence-electron chi connectivity index (χ2n) is 17.7. The van der Waals surface area contributed by atoms with Crippen LogP contribution >= 0.6 is 15.9 Å². The number of imidazole rings is 2. The standard InChI is InChI=1S/C45H46BrN7O6/c1-49-39-32(53(44(49)58)33-16-18-36(54)47-40(33)55)15-17-35-38(39)45(24-59-35)19-21-50(22-20-45)42(57)26-11-9-25(10-12-26)27-13-14-30-34(23-27)51(28-5-2-3-6-28)43-48-41(56)37-29(46)7-4-8-31(37)52(30)43/h4,7-8,13-15,17,23,25-26,28,33H,2-3,5-6,9-12,16,18-22,24H2,1H3,(H,47,54,55). The molecule has 59 heavy (non-hydrogen) atoms. The van der Waals surface area contributed by atoms with Crippen molar-refractivity contribution in [2.24, 2.45) is 13.0 Å². The number of benzene rings is 3. The number of amides is 3. The lowest BCUT2D eigenvalue weighted by molar-refractivity contribution is -0.138. The lowest BCUT2D eigenvalue weighted by Gasteiger charge is -2.40. The highest BCUT2D eigenvalue weighted by Gasteiger charge is 2.47. The van der Waals surface area contributed by atoms with E-state index in [1.54, 1.807) is 11.6 Å². The number of aryl methyl sites for hydroxylation is 1. The maximum Gasteiger partial charge on any atom is 0.329 e.